The molecule has 0 aliphatic heterocycles. The Morgan fingerprint density at radius 2 is 1.89 bits per heavy atom. The predicted molar refractivity (Wildman–Crippen MR) is 131 cm³/mol. The molecule has 0 aliphatic carbocycles. The van der Waals surface area contributed by atoms with Crippen molar-refractivity contribution in [2.24, 2.45) is 0 Å². The van der Waals surface area contributed by atoms with Crippen molar-refractivity contribution in [2.45, 2.75) is 32.9 Å². The molecule has 0 bridgehead atoms. The Morgan fingerprint density at radius 1 is 1.09 bits per heavy atom. The highest BCUT2D eigenvalue weighted by Gasteiger charge is 2.18. The number of carbonyl (C=O) groups is 1. The lowest BCUT2D eigenvalue weighted by Gasteiger charge is -2.13. The molecule has 9 heteroatoms. The van der Waals surface area contributed by atoms with Crippen LogP contribution in [0.5, 0.6) is 0 Å². The van der Waals surface area contributed by atoms with E-state index in [1.807, 2.05) is 49.5 Å². The number of benzene rings is 2. The van der Waals surface area contributed by atoms with Crippen LogP contribution in [0, 0.1) is 11.3 Å². The summed E-state index contributed by atoms with van der Waals surface area (Å²) in [5.41, 5.74) is 0.853. The molecule has 0 fully saturated rings. The molecule has 35 heavy (non-hydrogen) atoms. The summed E-state index contributed by atoms with van der Waals surface area (Å²) in [5.74, 6) is -0.582. The number of aryl methyl sites for hydroxylation is 1. The number of unbranched alkanes of at least 4 members (excludes halogenated alkanes) is 1. The van der Waals surface area contributed by atoms with Crippen LogP contribution in [0.25, 0.3) is 11.4 Å². The minimum absolute atomic E-state index is 0.142. The lowest BCUT2D eigenvalue weighted by atomic mass is 10.2. The van der Waals surface area contributed by atoms with Crippen LogP contribution in [0.1, 0.15) is 41.3 Å². The van der Waals surface area contributed by atoms with Gasteiger partial charge in [-0.15, -0.1) is 0 Å². The molecule has 4 aromatic rings. The zero-order valence-electron chi connectivity index (χ0n) is 19.2. The first-order valence-electron chi connectivity index (χ1n) is 11.3. The van der Waals surface area contributed by atoms with Gasteiger partial charge in [-0.05, 0) is 48.4 Å². The van der Waals surface area contributed by atoms with E-state index in [1.165, 1.54) is 16.8 Å². The van der Waals surface area contributed by atoms with E-state index in [-0.39, 0.29) is 17.8 Å². The molecule has 0 aliphatic rings. The van der Waals surface area contributed by atoms with Gasteiger partial charge in [-0.25, -0.2) is 14.0 Å². The Labute approximate surface area is 201 Å². The van der Waals surface area contributed by atoms with Crippen molar-refractivity contribution in [3.63, 3.8) is 0 Å². The Morgan fingerprint density at radius 3 is 2.57 bits per heavy atom. The van der Waals surface area contributed by atoms with Gasteiger partial charge in [-0.1, -0.05) is 31.5 Å². The molecular formula is C26H24N6O3. The summed E-state index contributed by atoms with van der Waals surface area (Å²) in [6, 6.07) is 17.5. The number of amides is 1. The highest BCUT2D eigenvalue weighted by molar-refractivity contribution is 5.93. The topological polar surface area (TPSA) is 115 Å². The van der Waals surface area contributed by atoms with Crippen LogP contribution in [0.2, 0.25) is 0 Å². The van der Waals surface area contributed by atoms with Crippen molar-refractivity contribution in [3.8, 4) is 17.4 Å². The molecule has 2 aromatic heterocycles. The summed E-state index contributed by atoms with van der Waals surface area (Å²) in [5, 5.41) is 16.2. The fourth-order valence-electron chi connectivity index (χ4n) is 3.65. The molecule has 0 radical (unpaired) electrons. The van der Waals surface area contributed by atoms with Crippen LogP contribution in [0.15, 0.2) is 82.8 Å². The monoisotopic (exact) mass is 468 g/mol. The van der Waals surface area contributed by atoms with E-state index in [0.29, 0.717) is 18.5 Å². The first-order chi connectivity index (χ1) is 17.0. The van der Waals surface area contributed by atoms with Crippen molar-refractivity contribution in [1.29, 1.82) is 5.26 Å². The van der Waals surface area contributed by atoms with E-state index < -0.39 is 17.2 Å². The van der Waals surface area contributed by atoms with Crippen LogP contribution in [0.4, 0.5) is 0 Å². The Bertz CT molecular complexity index is 1490. The summed E-state index contributed by atoms with van der Waals surface area (Å²) in [6.45, 7) is 2.56. The lowest BCUT2D eigenvalue weighted by molar-refractivity contribution is 0.0948. The van der Waals surface area contributed by atoms with Crippen LogP contribution in [0.3, 0.4) is 0 Å². The molecule has 0 unspecified atom stereocenters. The minimum atomic E-state index is -0.732. The van der Waals surface area contributed by atoms with E-state index in [1.54, 1.807) is 29.1 Å². The summed E-state index contributed by atoms with van der Waals surface area (Å²) in [6.07, 6.45) is 6.39. The average Bonchev–Trinajstić information content (AvgIpc) is 3.42. The quantitative estimate of drug-likeness (QED) is 0.427. The summed E-state index contributed by atoms with van der Waals surface area (Å²) in [4.78, 5) is 39.4. The van der Waals surface area contributed by atoms with Crippen molar-refractivity contribution >= 4 is 5.91 Å². The number of carbonyl (C=O) groups excluding carboxylic acids is 1. The lowest BCUT2D eigenvalue weighted by Crippen LogP contribution is -2.43. The molecule has 2 heterocycles. The Hall–Kier alpha value is -4.71. The van der Waals surface area contributed by atoms with Crippen molar-refractivity contribution in [1.82, 2.24) is 24.2 Å². The summed E-state index contributed by atoms with van der Waals surface area (Å²) < 4.78 is 4.05. The number of hydrogen-bond donors (Lipinski definition) is 1. The molecule has 0 saturated carbocycles. The molecule has 2 aromatic carbocycles. The second kappa shape index (κ2) is 10.5. The summed E-state index contributed by atoms with van der Waals surface area (Å²) in [7, 11) is 0. The second-order valence-electron chi connectivity index (χ2n) is 7.97. The fourth-order valence-corrected chi connectivity index (χ4v) is 3.65. The number of nitrogens with zero attached hydrogens (tertiary/aromatic N) is 5. The van der Waals surface area contributed by atoms with Crippen molar-refractivity contribution in [2.75, 3.05) is 0 Å². The molecule has 1 N–H and O–H groups in total. The van der Waals surface area contributed by atoms with Crippen LogP contribution < -0.4 is 16.6 Å². The maximum Gasteiger partial charge on any atom is 0.335 e. The molecule has 1 amide bonds. The fraction of sp³-hybridized carbons (Fsp3) is 0.192. The number of aromatic nitrogens is 4. The van der Waals surface area contributed by atoms with Gasteiger partial charge in [0, 0.05) is 31.7 Å². The van der Waals surface area contributed by atoms with E-state index in [4.69, 9.17) is 0 Å². The standard InChI is InChI=1S/C26H24N6O3/c1-2-3-13-30-18-23(25(34)32(26(30)35)22-7-4-6-20(15-22)16-27)24(33)28-17-19-8-10-21(11-9-19)31-14-5-12-29-31/h4-12,14-15,18H,2-3,13,17H2,1H3,(H,28,33). The third-order valence-electron chi connectivity index (χ3n) is 5.54. The average molecular weight is 469 g/mol. The van der Waals surface area contributed by atoms with Gasteiger partial charge in [0.1, 0.15) is 5.56 Å². The molecule has 0 atom stereocenters. The molecule has 9 nitrogen and oxygen atoms in total. The van der Waals surface area contributed by atoms with Crippen LogP contribution in [-0.2, 0) is 13.1 Å². The first kappa shape index (κ1) is 23.4. The highest BCUT2D eigenvalue weighted by Crippen LogP contribution is 2.10. The van der Waals surface area contributed by atoms with E-state index in [0.717, 1.165) is 22.2 Å². The maximum absolute atomic E-state index is 13.2. The van der Waals surface area contributed by atoms with Gasteiger partial charge in [0.05, 0.1) is 23.0 Å². The van der Waals surface area contributed by atoms with Gasteiger partial charge in [0.25, 0.3) is 11.5 Å². The third kappa shape index (κ3) is 5.12. The van der Waals surface area contributed by atoms with Gasteiger partial charge in [0.15, 0.2) is 0 Å². The molecule has 0 saturated heterocycles. The van der Waals surface area contributed by atoms with E-state index in [9.17, 15) is 19.6 Å². The zero-order valence-corrected chi connectivity index (χ0v) is 19.2. The molecule has 0 spiro atoms. The number of rotatable bonds is 8. The maximum atomic E-state index is 13.2. The second-order valence-corrected chi connectivity index (χ2v) is 7.97. The van der Waals surface area contributed by atoms with E-state index >= 15 is 0 Å². The Kier molecular flexibility index (Phi) is 7.02. The summed E-state index contributed by atoms with van der Waals surface area (Å²) >= 11 is 0. The SMILES string of the molecule is CCCCn1cc(C(=O)NCc2ccc(-n3cccn3)cc2)c(=O)n(-c2cccc(C#N)c2)c1=O. The molecule has 176 valence electrons. The zero-order chi connectivity index (χ0) is 24.8. The van der Waals surface area contributed by atoms with Gasteiger partial charge in [0.2, 0.25) is 0 Å². The number of hydrogen-bond acceptors (Lipinski definition) is 5. The van der Waals surface area contributed by atoms with Crippen molar-refractivity contribution in [3.05, 3.63) is 111 Å². The van der Waals surface area contributed by atoms with Crippen molar-refractivity contribution < 1.29 is 4.79 Å². The van der Waals surface area contributed by atoms with Gasteiger partial charge in [-0.2, -0.15) is 10.4 Å². The normalized spacial score (nSPS) is 10.6. The molecule has 4 rings (SSSR count). The van der Waals surface area contributed by atoms with Crippen LogP contribution >= 0.6 is 0 Å². The number of nitrogens with one attached hydrogen (secondary N) is 1. The molecular weight excluding hydrogens is 444 g/mol. The highest BCUT2D eigenvalue weighted by atomic mass is 16.2. The Balaban J connectivity index is 1.63. The minimum Gasteiger partial charge on any atom is -0.348 e. The largest absolute Gasteiger partial charge is 0.348 e. The van der Waals surface area contributed by atoms with Gasteiger partial charge < -0.3 is 5.32 Å². The predicted octanol–water partition coefficient (Wildman–Crippen LogP) is 2.79. The van der Waals surface area contributed by atoms with E-state index in [2.05, 4.69) is 10.4 Å². The smallest absolute Gasteiger partial charge is 0.335 e. The van der Waals surface area contributed by atoms with Gasteiger partial charge in [-0.3, -0.25) is 14.2 Å². The third-order valence-corrected chi connectivity index (χ3v) is 5.54. The van der Waals surface area contributed by atoms with Gasteiger partial charge >= 0.3 is 5.69 Å². The first-order valence-corrected chi connectivity index (χ1v) is 11.3. The number of nitriles is 1. The van der Waals surface area contributed by atoms with Crippen LogP contribution in [-0.4, -0.2) is 24.8 Å².